The first-order chi connectivity index (χ1) is 17.3. The Morgan fingerprint density at radius 3 is 2.86 bits per heavy atom. The van der Waals surface area contributed by atoms with Crippen molar-refractivity contribution in [2.75, 3.05) is 51.8 Å². The summed E-state index contributed by atoms with van der Waals surface area (Å²) in [6.45, 7) is 6.77. The smallest absolute Gasteiger partial charge is 0.129 e. The molecule has 182 valence electrons. The first kappa shape index (κ1) is 23.3. The number of methoxy groups -OCH3 is 1. The number of nitrogens with one attached hydrogen (secondary N) is 3. The van der Waals surface area contributed by atoms with E-state index in [1.54, 1.807) is 13.4 Å². The van der Waals surface area contributed by atoms with Gasteiger partial charge in [-0.25, -0.2) is 15.0 Å². The third-order valence-corrected chi connectivity index (χ3v) is 6.17. The van der Waals surface area contributed by atoms with Crippen molar-refractivity contribution in [3.05, 3.63) is 66.0 Å². The average Bonchev–Trinajstić information content (AvgIpc) is 3.29. The van der Waals surface area contributed by atoms with Crippen LogP contribution in [0.25, 0.3) is 22.3 Å². The second-order valence-electron chi connectivity index (χ2n) is 8.84. The lowest BCUT2D eigenvalue weighted by Gasteiger charge is -2.27. The van der Waals surface area contributed by atoms with Crippen molar-refractivity contribution in [1.82, 2.24) is 35.1 Å². The number of imidazole rings is 1. The number of ether oxygens (including phenoxy) is 1. The lowest BCUT2D eigenvalue weighted by molar-refractivity contribution is 0.198. The number of nitrogens with zero attached hydrogens (tertiary/aromatic N) is 5. The molecule has 4 heterocycles. The van der Waals surface area contributed by atoms with Gasteiger partial charge in [-0.1, -0.05) is 6.07 Å². The third-order valence-electron chi connectivity index (χ3n) is 6.17. The van der Waals surface area contributed by atoms with E-state index >= 15 is 0 Å². The number of piperazine rings is 1. The maximum absolute atomic E-state index is 5.10. The Labute approximate surface area is 205 Å². The quantitative estimate of drug-likeness (QED) is 0.303. The van der Waals surface area contributed by atoms with Gasteiger partial charge >= 0.3 is 0 Å². The number of rotatable bonds is 10. The Kier molecular flexibility index (Phi) is 7.57. The molecule has 4 aromatic rings. The zero-order valence-corrected chi connectivity index (χ0v) is 20.1. The summed E-state index contributed by atoms with van der Waals surface area (Å²) in [5.74, 6) is 1.72. The zero-order valence-electron chi connectivity index (χ0n) is 20.1. The predicted octanol–water partition coefficient (Wildman–Crippen LogP) is 2.86. The fraction of sp³-hybridized carbons (Fsp3) is 0.385. The molecule has 0 unspecified atom stereocenters. The van der Waals surface area contributed by atoms with Crippen LogP contribution in [0.1, 0.15) is 23.5 Å². The van der Waals surface area contributed by atoms with Gasteiger partial charge in [-0.2, -0.15) is 0 Å². The molecule has 1 aliphatic rings. The normalized spacial score (nSPS) is 14.4. The summed E-state index contributed by atoms with van der Waals surface area (Å²) in [5, 5.41) is 6.73. The Hall–Kier alpha value is -3.40. The molecule has 1 aromatic carbocycles. The summed E-state index contributed by atoms with van der Waals surface area (Å²) in [5.41, 5.74) is 6.14. The summed E-state index contributed by atoms with van der Waals surface area (Å²) < 4.78 is 5.10. The van der Waals surface area contributed by atoms with Gasteiger partial charge in [-0.15, -0.1) is 0 Å². The van der Waals surface area contributed by atoms with E-state index in [-0.39, 0.29) is 0 Å². The predicted molar refractivity (Wildman–Crippen MR) is 137 cm³/mol. The SMILES string of the molecule is COCCCNc1cc(-c2ccc3nc(Cc4cc(CN5CCNCC5)ccn4)[nH]c3c2)ncn1. The van der Waals surface area contributed by atoms with Crippen molar-refractivity contribution in [2.45, 2.75) is 19.4 Å². The number of hydrogen-bond donors (Lipinski definition) is 3. The van der Waals surface area contributed by atoms with E-state index < -0.39 is 0 Å². The van der Waals surface area contributed by atoms with Gasteiger partial charge in [0, 0.05) is 82.9 Å². The topological polar surface area (TPSA) is 104 Å². The van der Waals surface area contributed by atoms with E-state index in [1.165, 1.54) is 5.56 Å². The van der Waals surface area contributed by atoms with Gasteiger partial charge in [0.15, 0.2) is 0 Å². The highest BCUT2D eigenvalue weighted by atomic mass is 16.5. The van der Waals surface area contributed by atoms with Crippen molar-refractivity contribution in [1.29, 1.82) is 0 Å². The molecule has 35 heavy (non-hydrogen) atoms. The first-order valence-electron chi connectivity index (χ1n) is 12.2. The Morgan fingerprint density at radius 1 is 1.06 bits per heavy atom. The highest BCUT2D eigenvalue weighted by molar-refractivity contribution is 5.81. The van der Waals surface area contributed by atoms with E-state index in [4.69, 9.17) is 9.72 Å². The summed E-state index contributed by atoms with van der Waals surface area (Å²) >= 11 is 0. The minimum absolute atomic E-state index is 0.669. The number of benzene rings is 1. The average molecular weight is 473 g/mol. The molecule has 0 bridgehead atoms. The lowest BCUT2D eigenvalue weighted by atomic mass is 10.1. The molecule has 0 amide bonds. The fourth-order valence-corrected chi connectivity index (χ4v) is 4.37. The Morgan fingerprint density at radius 2 is 1.97 bits per heavy atom. The van der Waals surface area contributed by atoms with Crippen molar-refractivity contribution >= 4 is 16.9 Å². The number of anilines is 1. The van der Waals surface area contributed by atoms with Crippen LogP contribution in [0.5, 0.6) is 0 Å². The number of aromatic amines is 1. The number of fused-ring (bicyclic) bond motifs is 1. The monoisotopic (exact) mass is 472 g/mol. The van der Waals surface area contributed by atoms with Crippen LogP contribution >= 0.6 is 0 Å². The largest absolute Gasteiger partial charge is 0.385 e. The van der Waals surface area contributed by atoms with Crippen LogP contribution in [0.2, 0.25) is 0 Å². The maximum atomic E-state index is 5.10. The zero-order chi connectivity index (χ0) is 23.9. The molecule has 5 rings (SSSR count). The van der Waals surface area contributed by atoms with Gasteiger partial charge < -0.3 is 20.4 Å². The molecule has 9 nitrogen and oxygen atoms in total. The van der Waals surface area contributed by atoms with E-state index in [1.807, 2.05) is 18.3 Å². The molecule has 3 N–H and O–H groups in total. The summed E-state index contributed by atoms with van der Waals surface area (Å²) in [4.78, 5) is 24.1. The van der Waals surface area contributed by atoms with Crippen molar-refractivity contribution in [2.24, 2.45) is 0 Å². The molecule has 1 aliphatic heterocycles. The third kappa shape index (κ3) is 6.19. The fourth-order valence-electron chi connectivity index (χ4n) is 4.37. The van der Waals surface area contributed by atoms with Gasteiger partial charge in [0.2, 0.25) is 0 Å². The summed E-state index contributed by atoms with van der Waals surface area (Å²) in [7, 11) is 1.71. The molecule has 0 atom stereocenters. The molecular weight excluding hydrogens is 440 g/mol. The van der Waals surface area contributed by atoms with Crippen LogP contribution in [0, 0.1) is 0 Å². The second-order valence-corrected chi connectivity index (χ2v) is 8.84. The van der Waals surface area contributed by atoms with Crippen molar-refractivity contribution in [3.8, 4) is 11.3 Å². The molecule has 0 radical (unpaired) electrons. The van der Waals surface area contributed by atoms with E-state index in [0.29, 0.717) is 6.42 Å². The number of H-pyrrole nitrogens is 1. The van der Waals surface area contributed by atoms with Crippen LogP contribution in [0.15, 0.2) is 48.9 Å². The van der Waals surface area contributed by atoms with Crippen molar-refractivity contribution < 1.29 is 4.74 Å². The highest BCUT2D eigenvalue weighted by Gasteiger charge is 2.12. The standard InChI is InChI=1S/C26H32N8O/c1-35-12-2-6-29-25-16-23(30-18-31-25)20-3-4-22-24(14-20)33-26(32-22)15-21-13-19(5-7-28-21)17-34-10-8-27-9-11-34/h3-5,7,13-14,16,18,27H,2,6,8-12,15,17H2,1H3,(H,32,33)(H,29,30,31). The minimum Gasteiger partial charge on any atom is -0.385 e. The number of pyridine rings is 1. The molecule has 0 aliphatic carbocycles. The van der Waals surface area contributed by atoms with Gasteiger partial charge in [0.25, 0.3) is 0 Å². The van der Waals surface area contributed by atoms with Gasteiger partial charge in [-0.3, -0.25) is 9.88 Å². The Bertz CT molecular complexity index is 1250. The van der Waals surface area contributed by atoms with Crippen molar-refractivity contribution in [3.63, 3.8) is 0 Å². The maximum Gasteiger partial charge on any atom is 0.129 e. The molecular formula is C26H32N8O. The van der Waals surface area contributed by atoms with Gasteiger partial charge in [-0.05, 0) is 36.2 Å². The first-order valence-corrected chi connectivity index (χ1v) is 12.2. The van der Waals surface area contributed by atoms with E-state index in [2.05, 4.69) is 59.7 Å². The Balaban J connectivity index is 1.28. The highest BCUT2D eigenvalue weighted by Crippen LogP contribution is 2.23. The van der Waals surface area contributed by atoms with Crippen LogP contribution in [-0.4, -0.2) is 76.3 Å². The number of aromatic nitrogens is 5. The van der Waals surface area contributed by atoms with Crippen LogP contribution in [-0.2, 0) is 17.7 Å². The van der Waals surface area contributed by atoms with Crippen LogP contribution in [0.3, 0.4) is 0 Å². The second kappa shape index (κ2) is 11.4. The molecule has 0 spiro atoms. The van der Waals surface area contributed by atoms with Crippen LogP contribution in [0.4, 0.5) is 5.82 Å². The lowest BCUT2D eigenvalue weighted by Crippen LogP contribution is -2.42. The molecule has 1 saturated heterocycles. The summed E-state index contributed by atoms with van der Waals surface area (Å²) in [6.07, 6.45) is 5.09. The van der Waals surface area contributed by atoms with Gasteiger partial charge in [0.05, 0.1) is 16.7 Å². The minimum atomic E-state index is 0.669. The molecule has 9 heteroatoms. The molecule has 3 aromatic heterocycles. The van der Waals surface area contributed by atoms with E-state index in [0.717, 1.165) is 91.9 Å². The van der Waals surface area contributed by atoms with E-state index in [9.17, 15) is 0 Å². The number of hydrogen-bond acceptors (Lipinski definition) is 8. The molecule has 1 fully saturated rings. The van der Waals surface area contributed by atoms with Gasteiger partial charge in [0.1, 0.15) is 18.0 Å². The summed E-state index contributed by atoms with van der Waals surface area (Å²) in [6, 6.07) is 12.5. The molecule has 0 saturated carbocycles. The van der Waals surface area contributed by atoms with Crippen LogP contribution < -0.4 is 10.6 Å².